The van der Waals surface area contributed by atoms with Crippen LogP contribution in [0.1, 0.15) is 24.0 Å². The van der Waals surface area contributed by atoms with E-state index in [0.29, 0.717) is 17.9 Å². The second-order valence-corrected chi connectivity index (χ2v) is 6.26. The van der Waals surface area contributed by atoms with Crippen molar-refractivity contribution in [3.05, 3.63) is 59.7 Å². The van der Waals surface area contributed by atoms with Gasteiger partial charge in [-0.05, 0) is 42.5 Å². The molecule has 0 unspecified atom stereocenters. The number of hydrogen-bond donors (Lipinski definition) is 2. The topological polar surface area (TPSA) is 67.8 Å². The van der Waals surface area contributed by atoms with E-state index in [4.69, 9.17) is 9.47 Å². The fourth-order valence-electron chi connectivity index (χ4n) is 3.26. The number of rotatable bonds is 6. The highest BCUT2D eigenvalue weighted by molar-refractivity contribution is 5.77. The van der Waals surface area contributed by atoms with E-state index in [9.17, 15) is 9.90 Å². The lowest BCUT2D eigenvalue weighted by molar-refractivity contribution is -0.124. The van der Waals surface area contributed by atoms with Crippen molar-refractivity contribution in [2.45, 2.75) is 24.9 Å². The summed E-state index contributed by atoms with van der Waals surface area (Å²) >= 11 is 0. The van der Waals surface area contributed by atoms with Gasteiger partial charge in [-0.3, -0.25) is 4.79 Å². The molecule has 0 saturated heterocycles. The molecule has 1 amide bonds. The SMILES string of the molecule is COc1ccccc1OCC(=O)NC[C@@]1(O)CCCc2ccccc21. The largest absolute Gasteiger partial charge is 0.493 e. The number of carbonyl (C=O) groups is 1. The van der Waals surface area contributed by atoms with Crippen LogP contribution in [-0.2, 0) is 16.8 Å². The number of methoxy groups -OCH3 is 1. The molecule has 3 rings (SSSR count). The molecule has 1 aliphatic rings. The predicted molar refractivity (Wildman–Crippen MR) is 94.8 cm³/mol. The molecule has 0 spiro atoms. The van der Waals surface area contributed by atoms with E-state index in [1.807, 2.05) is 36.4 Å². The number of ether oxygens (including phenoxy) is 2. The summed E-state index contributed by atoms with van der Waals surface area (Å²) in [6.45, 7) is 0.0518. The minimum Gasteiger partial charge on any atom is -0.493 e. The zero-order chi connectivity index (χ0) is 17.7. The third kappa shape index (κ3) is 3.94. The summed E-state index contributed by atoms with van der Waals surface area (Å²) in [4.78, 5) is 12.1. The molecule has 0 bridgehead atoms. The number of aliphatic hydroxyl groups is 1. The highest BCUT2D eigenvalue weighted by Crippen LogP contribution is 2.34. The van der Waals surface area contributed by atoms with Crippen molar-refractivity contribution in [3.8, 4) is 11.5 Å². The second kappa shape index (κ2) is 7.57. The molecule has 1 aliphatic carbocycles. The van der Waals surface area contributed by atoms with Crippen LogP contribution in [0.15, 0.2) is 48.5 Å². The van der Waals surface area contributed by atoms with Crippen molar-refractivity contribution in [1.29, 1.82) is 0 Å². The van der Waals surface area contributed by atoms with Crippen LogP contribution < -0.4 is 14.8 Å². The zero-order valence-corrected chi connectivity index (χ0v) is 14.3. The van der Waals surface area contributed by atoms with Crippen LogP contribution in [0.2, 0.25) is 0 Å². The maximum atomic E-state index is 12.1. The summed E-state index contributed by atoms with van der Waals surface area (Å²) in [6, 6.07) is 15.0. The highest BCUT2D eigenvalue weighted by Gasteiger charge is 2.34. The van der Waals surface area contributed by atoms with Gasteiger partial charge in [-0.15, -0.1) is 0 Å². The monoisotopic (exact) mass is 341 g/mol. The number of amides is 1. The zero-order valence-electron chi connectivity index (χ0n) is 14.3. The first-order valence-electron chi connectivity index (χ1n) is 8.46. The summed E-state index contributed by atoms with van der Waals surface area (Å²) < 4.78 is 10.7. The van der Waals surface area contributed by atoms with Gasteiger partial charge in [0.25, 0.3) is 5.91 Å². The van der Waals surface area contributed by atoms with Crippen LogP contribution in [0.3, 0.4) is 0 Å². The Bertz CT molecular complexity index is 746. The first-order chi connectivity index (χ1) is 12.1. The van der Waals surface area contributed by atoms with Gasteiger partial charge in [-0.2, -0.15) is 0 Å². The Labute approximate surface area is 147 Å². The van der Waals surface area contributed by atoms with Crippen molar-refractivity contribution in [3.63, 3.8) is 0 Å². The lowest BCUT2D eigenvalue weighted by atomic mass is 9.79. The maximum Gasteiger partial charge on any atom is 0.258 e. The Morgan fingerprint density at radius 2 is 1.88 bits per heavy atom. The molecule has 5 heteroatoms. The van der Waals surface area contributed by atoms with E-state index >= 15 is 0 Å². The number of para-hydroxylation sites is 2. The minimum atomic E-state index is -1.02. The average molecular weight is 341 g/mol. The van der Waals surface area contributed by atoms with E-state index in [-0.39, 0.29) is 19.1 Å². The lowest BCUT2D eigenvalue weighted by Gasteiger charge is -2.34. The molecule has 0 saturated carbocycles. The number of carbonyl (C=O) groups excluding carboxylic acids is 1. The van der Waals surface area contributed by atoms with E-state index in [1.54, 1.807) is 19.2 Å². The van der Waals surface area contributed by atoms with Gasteiger partial charge >= 0.3 is 0 Å². The standard InChI is InChI=1S/C20H23NO4/c1-24-17-10-4-5-11-18(17)25-13-19(22)21-14-20(23)12-6-8-15-7-2-3-9-16(15)20/h2-5,7,9-11,23H,6,8,12-14H2,1H3,(H,21,22)/t20-/m0/s1. The van der Waals surface area contributed by atoms with Gasteiger partial charge in [-0.25, -0.2) is 0 Å². The number of nitrogens with one attached hydrogen (secondary N) is 1. The van der Waals surface area contributed by atoms with Crippen molar-refractivity contribution in [2.75, 3.05) is 20.3 Å². The summed E-state index contributed by atoms with van der Waals surface area (Å²) in [5.74, 6) is 0.819. The van der Waals surface area contributed by atoms with Crippen LogP contribution in [0.5, 0.6) is 11.5 Å². The molecule has 5 nitrogen and oxygen atoms in total. The fraction of sp³-hybridized carbons (Fsp3) is 0.350. The summed E-state index contributed by atoms with van der Waals surface area (Å²) in [7, 11) is 1.55. The van der Waals surface area contributed by atoms with Gasteiger partial charge in [0, 0.05) is 0 Å². The smallest absolute Gasteiger partial charge is 0.258 e. The number of benzene rings is 2. The van der Waals surface area contributed by atoms with Crippen molar-refractivity contribution in [1.82, 2.24) is 5.32 Å². The molecule has 0 radical (unpaired) electrons. The molecule has 0 fully saturated rings. The van der Waals surface area contributed by atoms with Crippen molar-refractivity contribution in [2.24, 2.45) is 0 Å². The third-order valence-corrected chi connectivity index (χ3v) is 4.56. The molecule has 2 N–H and O–H groups in total. The van der Waals surface area contributed by atoms with Crippen LogP contribution in [-0.4, -0.2) is 31.3 Å². The number of fused-ring (bicyclic) bond motifs is 1. The molecular formula is C20H23NO4. The van der Waals surface area contributed by atoms with E-state index in [0.717, 1.165) is 24.0 Å². The van der Waals surface area contributed by atoms with Crippen LogP contribution in [0.25, 0.3) is 0 Å². The molecule has 25 heavy (non-hydrogen) atoms. The van der Waals surface area contributed by atoms with Crippen LogP contribution in [0, 0.1) is 0 Å². The molecular weight excluding hydrogens is 318 g/mol. The first kappa shape index (κ1) is 17.3. The number of aryl methyl sites for hydroxylation is 1. The lowest BCUT2D eigenvalue weighted by Crippen LogP contribution is -2.44. The van der Waals surface area contributed by atoms with Gasteiger partial charge in [0.15, 0.2) is 18.1 Å². The Morgan fingerprint density at radius 3 is 2.68 bits per heavy atom. The molecule has 2 aromatic carbocycles. The highest BCUT2D eigenvalue weighted by atomic mass is 16.5. The third-order valence-electron chi connectivity index (χ3n) is 4.56. The first-order valence-corrected chi connectivity index (χ1v) is 8.46. The summed E-state index contributed by atoms with van der Waals surface area (Å²) in [5, 5.41) is 13.8. The van der Waals surface area contributed by atoms with Crippen molar-refractivity contribution < 1.29 is 19.4 Å². The maximum absolute atomic E-state index is 12.1. The molecule has 0 heterocycles. The predicted octanol–water partition coefficient (Wildman–Crippen LogP) is 2.41. The van der Waals surface area contributed by atoms with Gasteiger partial charge in [0.05, 0.1) is 13.7 Å². The Hall–Kier alpha value is -2.53. The summed E-state index contributed by atoms with van der Waals surface area (Å²) in [5.41, 5.74) is 1.04. The minimum absolute atomic E-state index is 0.127. The Morgan fingerprint density at radius 1 is 1.16 bits per heavy atom. The number of hydrogen-bond acceptors (Lipinski definition) is 4. The van der Waals surface area contributed by atoms with Crippen LogP contribution in [0.4, 0.5) is 0 Å². The van der Waals surface area contributed by atoms with E-state index in [2.05, 4.69) is 5.32 Å². The Kier molecular flexibility index (Phi) is 5.24. The van der Waals surface area contributed by atoms with E-state index < -0.39 is 5.60 Å². The Balaban J connectivity index is 1.58. The summed E-state index contributed by atoms with van der Waals surface area (Å²) in [6.07, 6.45) is 2.50. The van der Waals surface area contributed by atoms with Gasteiger partial charge in [0.2, 0.25) is 0 Å². The fourth-order valence-corrected chi connectivity index (χ4v) is 3.26. The second-order valence-electron chi connectivity index (χ2n) is 6.26. The van der Waals surface area contributed by atoms with Crippen molar-refractivity contribution >= 4 is 5.91 Å². The van der Waals surface area contributed by atoms with Gasteiger partial charge in [-0.1, -0.05) is 36.4 Å². The molecule has 132 valence electrons. The molecule has 2 aromatic rings. The van der Waals surface area contributed by atoms with Crippen LogP contribution >= 0.6 is 0 Å². The van der Waals surface area contributed by atoms with Gasteiger partial charge < -0.3 is 19.9 Å². The molecule has 0 aromatic heterocycles. The average Bonchev–Trinajstić information content (AvgIpc) is 2.65. The van der Waals surface area contributed by atoms with E-state index in [1.165, 1.54) is 0 Å². The molecule has 0 aliphatic heterocycles. The normalized spacial score (nSPS) is 19.0. The quantitative estimate of drug-likeness (QED) is 0.847. The molecule has 1 atom stereocenters. The van der Waals surface area contributed by atoms with Gasteiger partial charge in [0.1, 0.15) is 5.60 Å².